The fourth-order valence-electron chi connectivity index (χ4n) is 3.74. The van der Waals surface area contributed by atoms with Gasteiger partial charge in [0, 0.05) is 17.7 Å². The highest BCUT2D eigenvalue weighted by Crippen LogP contribution is 2.40. The topological polar surface area (TPSA) is 89.5 Å². The van der Waals surface area contributed by atoms with Crippen LogP contribution in [0.5, 0.6) is 34.5 Å². The van der Waals surface area contributed by atoms with Crippen molar-refractivity contribution in [2.24, 2.45) is 0 Å². The van der Waals surface area contributed by atoms with Crippen LogP contribution in [0.2, 0.25) is 0 Å². The summed E-state index contributed by atoms with van der Waals surface area (Å²) in [6.45, 7) is 1.75. The second-order valence-corrected chi connectivity index (χ2v) is 7.62. The van der Waals surface area contributed by atoms with Crippen molar-refractivity contribution in [2.75, 3.05) is 28.4 Å². The van der Waals surface area contributed by atoms with Crippen LogP contribution in [0.25, 0.3) is 6.08 Å². The average molecular weight is 476 g/mol. The van der Waals surface area contributed by atoms with Crippen LogP contribution in [-0.2, 0) is 0 Å². The number of benzene rings is 3. The number of rotatable bonds is 7. The maximum Gasteiger partial charge on any atom is 0.343 e. The first-order valence-electron chi connectivity index (χ1n) is 10.6. The summed E-state index contributed by atoms with van der Waals surface area (Å²) in [6, 6.07) is 13.1. The lowest BCUT2D eigenvalue weighted by Crippen LogP contribution is -2.08. The van der Waals surface area contributed by atoms with E-state index in [0.29, 0.717) is 51.0 Å². The third-order valence-corrected chi connectivity index (χ3v) is 5.50. The van der Waals surface area contributed by atoms with Crippen LogP contribution < -0.4 is 28.4 Å². The molecule has 3 aromatic carbocycles. The van der Waals surface area contributed by atoms with Crippen molar-refractivity contribution >= 4 is 17.8 Å². The second-order valence-electron chi connectivity index (χ2n) is 7.62. The van der Waals surface area contributed by atoms with Gasteiger partial charge in [0.1, 0.15) is 23.0 Å². The molecular weight excluding hydrogens is 452 g/mol. The molecule has 0 unspecified atom stereocenters. The fraction of sp³-hybridized carbons (Fsp3) is 0.185. The maximum atomic E-state index is 13.1. The van der Waals surface area contributed by atoms with Gasteiger partial charge in [0.25, 0.3) is 0 Å². The zero-order chi connectivity index (χ0) is 25.1. The van der Waals surface area contributed by atoms with E-state index >= 15 is 0 Å². The van der Waals surface area contributed by atoms with Gasteiger partial charge in [0.15, 0.2) is 17.3 Å². The summed E-state index contributed by atoms with van der Waals surface area (Å²) >= 11 is 0. The summed E-state index contributed by atoms with van der Waals surface area (Å²) in [6.07, 6.45) is 1.58. The number of fused-ring (bicyclic) bond motifs is 1. The molecule has 8 heteroatoms. The van der Waals surface area contributed by atoms with Gasteiger partial charge in [0.2, 0.25) is 5.78 Å². The number of hydrogen-bond donors (Lipinski definition) is 0. The Morgan fingerprint density at radius 3 is 2.09 bits per heavy atom. The lowest BCUT2D eigenvalue weighted by molar-refractivity contribution is 0.0734. The molecule has 0 radical (unpaired) electrons. The predicted molar refractivity (Wildman–Crippen MR) is 128 cm³/mol. The van der Waals surface area contributed by atoms with Gasteiger partial charge < -0.3 is 28.4 Å². The lowest BCUT2D eigenvalue weighted by atomic mass is 10.0. The van der Waals surface area contributed by atoms with Crippen LogP contribution in [0.1, 0.15) is 31.8 Å². The van der Waals surface area contributed by atoms with E-state index < -0.39 is 5.97 Å². The molecule has 8 nitrogen and oxygen atoms in total. The van der Waals surface area contributed by atoms with Gasteiger partial charge in [-0.15, -0.1) is 0 Å². The molecule has 180 valence electrons. The van der Waals surface area contributed by atoms with Gasteiger partial charge in [-0.05, 0) is 55.0 Å². The van der Waals surface area contributed by atoms with Crippen LogP contribution in [0.4, 0.5) is 0 Å². The summed E-state index contributed by atoms with van der Waals surface area (Å²) < 4.78 is 32.6. The Balaban J connectivity index is 1.62. The van der Waals surface area contributed by atoms with E-state index in [4.69, 9.17) is 28.4 Å². The van der Waals surface area contributed by atoms with Crippen LogP contribution in [0.3, 0.4) is 0 Å². The normalized spacial score (nSPS) is 13.2. The molecule has 0 amide bonds. The Hall–Kier alpha value is -4.46. The monoisotopic (exact) mass is 476 g/mol. The summed E-state index contributed by atoms with van der Waals surface area (Å²) in [5.74, 6) is 1.93. The molecule has 1 aliphatic rings. The van der Waals surface area contributed by atoms with E-state index in [1.807, 2.05) is 0 Å². The second kappa shape index (κ2) is 9.80. The first-order valence-corrected chi connectivity index (χ1v) is 10.6. The average Bonchev–Trinajstić information content (AvgIpc) is 3.18. The minimum absolute atomic E-state index is 0.104. The molecule has 0 spiro atoms. The van der Waals surface area contributed by atoms with Crippen molar-refractivity contribution in [3.63, 3.8) is 0 Å². The summed E-state index contributed by atoms with van der Waals surface area (Å²) in [4.78, 5) is 25.7. The highest BCUT2D eigenvalue weighted by Gasteiger charge is 2.31. The van der Waals surface area contributed by atoms with Gasteiger partial charge >= 0.3 is 5.97 Å². The standard InChI is InChI=1S/C27H24O8/c1-15-10-19(34-27(29)16-6-8-18(30-2)9-7-16)13-23-25(15)26(28)24(35-23)12-17-11-21(32-4)22(33-5)14-20(17)31-3/h6-14H,1-5H3/b24-12-. The molecule has 0 saturated carbocycles. The van der Waals surface area contributed by atoms with E-state index in [0.717, 1.165) is 0 Å². The minimum atomic E-state index is -0.540. The molecule has 1 heterocycles. The van der Waals surface area contributed by atoms with Gasteiger partial charge in [-0.3, -0.25) is 4.79 Å². The predicted octanol–water partition coefficient (Wildman–Crippen LogP) is 4.86. The number of hydrogen-bond acceptors (Lipinski definition) is 8. The van der Waals surface area contributed by atoms with E-state index in [2.05, 4.69) is 0 Å². The van der Waals surface area contributed by atoms with E-state index in [1.54, 1.807) is 62.6 Å². The summed E-state index contributed by atoms with van der Waals surface area (Å²) in [5, 5.41) is 0. The van der Waals surface area contributed by atoms with Crippen molar-refractivity contribution in [3.05, 3.63) is 76.5 Å². The molecule has 0 aromatic heterocycles. The first-order chi connectivity index (χ1) is 16.9. The third kappa shape index (κ3) is 4.63. The molecule has 1 aliphatic heterocycles. The molecule has 0 fully saturated rings. The molecule has 0 N–H and O–H groups in total. The number of aryl methyl sites for hydroxylation is 1. The Morgan fingerprint density at radius 1 is 0.800 bits per heavy atom. The Kier molecular flexibility index (Phi) is 6.64. The van der Waals surface area contributed by atoms with E-state index in [-0.39, 0.29) is 17.3 Å². The molecule has 0 bridgehead atoms. The number of allylic oxidation sites excluding steroid dienone is 1. The maximum absolute atomic E-state index is 13.1. The summed E-state index contributed by atoms with van der Waals surface area (Å²) in [5.41, 5.74) is 1.96. The van der Waals surface area contributed by atoms with Crippen molar-refractivity contribution in [3.8, 4) is 34.5 Å². The highest BCUT2D eigenvalue weighted by molar-refractivity contribution is 6.15. The Morgan fingerprint density at radius 2 is 1.46 bits per heavy atom. The molecule has 3 aromatic rings. The fourth-order valence-corrected chi connectivity index (χ4v) is 3.74. The van der Waals surface area contributed by atoms with Crippen LogP contribution >= 0.6 is 0 Å². The molecule has 4 rings (SSSR count). The van der Waals surface area contributed by atoms with Gasteiger partial charge in [-0.25, -0.2) is 4.79 Å². The number of carbonyl (C=O) groups is 2. The van der Waals surface area contributed by atoms with Crippen molar-refractivity contribution in [1.29, 1.82) is 0 Å². The highest BCUT2D eigenvalue weighted by atomic mass is 16.5. The number of ketones is 1. The number of carbonyl (C=O) groups excluding carboxylic acids is 2. The first kappa shape index (κ1) is 23.7. The lowest BCUT2D eigenvalue weighted by Gasteiger charge is -2.12. The number of esters is 1. The van der Waals surface area contributed by atoms with Gasteiger partial charge in [0.05, 0.1) is 39.6 Å². The van der Waals surface area contributed by atoms with E-state index in [9.17, 15) is 9.59 Å². The van der Waals surface area contributed by atoms with E-state index in [1.165, 1.54) is 27.4 Å². The van der Waals surface area contributed by atoms with Gasteiger partial charge in [-0.1, -0.05) is 0 Å². The molecular formula is C27H24O8. The molecule has 35 heavy (non-hydrogen) atoms. The number of ether oxygens (including phenoxy) is 6. The zero-order valence-corrected chi connectivity index (χ0v) is 20.0. The smallest absolute Gasteiger partial charge is 0.343 e. The quantitative estimate of drug-likeness (QED) is 0.271. The molecule has 0 atom stereocenters. The van der Waals surface area contributed by atoms with Gasteiger partial charge in [-0.2, -0.15) is 0 Å². The SMILES string of the molecule is COc1ccc(C(=O)Oc2cc(C)c3c(c2)O/C(=C\c2cc(OC)c(OC)cc2OC)C3=O)cc1. The van der Waals surface area contributed by atoms with Crippen molar-refractivity contribution in [1.82, 2.24) is 0 Å². The van der Waals surface area contributed by atoms with Crippen LogP contribution in [0.15, 0.2) is 54.3 Å². The minimum Gasteiger partial charge on any atom is -0.497 e. The molecule has 0 saturated heterocycles. The van der Waals surface area contributed by atoms with Crippen LogP contribution in [-0.4, -0.2) is 40.2 Å². The largest absolute Gasteiger partial charge is 0.497 e. The Bertz CT molecular complexity index is 1320. The van der Waals surface area contributed by atoms with Crippen molar-refractivity contribution < 1.29 is 38.0 Å². The zero-order valence-electron chi connectivity index (χ0n) is 20.0. The number of Topliss-reactive ketones (excluding diaryl/α,β-unsaturated/α-hetero) is 1. The van der Waals surface area contributed by atoms with Crippen molar-refractivity contribution in [2.45, 2.75) is 6.92 Å². The van der Waals surface area contributed by atoms with Crippen LogP contribution in [0, 0.1) is 6.92 Å². The number of methoxy groups -OCH3 is 4. The molecule has 0 aliphatic carbocycles. The Labute approximate surface area is 202 Å². The summed E-state index contributed by atoms with van der Waals surface area (Å²) in [7, 11) is 6.11. The third-order valence-electron chi connectivity index (χ3n) is 5.50.